The second-order valence-electron chi connectivity index (χ2n) is 5.72. The SMILES string of the molecule is CC(C)N1C(=O)[C@@H]2[C@H](C1=O)[C@@]1(Cl)C(Cl)=C(Cl)[C@@]2(Cl)C1(Cl)Cl. The maximum Gasteiger partial charge on any atom is 0.235 e. The fourth-order valence-corrected chi connectivity index (χ4v) is 6.45. The molecule has 1 saturated heterocycles. The number of fused-ring (bicyclic) bond motifs is 5. The number of likely N-dealkylation sites (tertiary alicyclic amines) is 1. The molecule has 2 aliphatic carbocycles. The maximum atomic E-state index is 12.6. The topological polar surface area (TPSA) is 37.4 Å². The van der Waals surface area contributed by atoms with E-state index in [1.165, 1.54) is 0 Å². The van der Waals surface area contributed by atoms with E-state index < -0.39 is 37.7 Å². The molecule has 0 aromatic rings. The van der Waals surface area contributed by atoms with Crippen LogP contribution in [0.5, 0.6) is 0 Å². The van der Waals surface area contributed by atoms with Crippen LogP contribution in [0.2, 0.25) is 0 Å². The minimum Gasteiger partial charge on any atom is -0.279 e. The van der Waals surface area contributed by atoms with Crippen molar-refractivity contribution in [1.29, 1.82) is 0 Å². The van der Waals surface area contributed by atoms with E-state index in [0.29, 0.717) is 0 Å². The minimum atomic E-state index is -1.86. The van der Waals surface area contributed by atoms with Crippen LogP contribution in [0, 0.1) is 11.8 Å². The third-order valence-electron chi connectivity index (χ3n) is 4.46. The average Bonchev–Trinajstić information content (AvgIpc) is 2.75. The lowest BCUT2D eigenvalue weighted by atomic mass is 9.84. The zero-order chi connectivity index (χ0) is 16.1. The number of amides is 2. The molecule has 3 rings (SSSR count). The van der Waals surface area contributed by atoms with Gasteiger partial charge in [-0.1, -0.05) is 46.4 Å². The Bertz CT molecular complexity index is 571. The van der Waals surface area contributed by atoms with E-state index in [2.05, 4.69) is 0 Å². The van der Waals surface area contributed by atoms with Gasteiger partial charge in [0, 0.05) is 6.04 Å². The Morgan fingerprint density at radius 3 is 1.52 bits per heavy atom. The Hall–Kier alpha value is 0.620. The molecule has 0 aromatic carbocycles. The van der Waals surface area contributed by atoms with E-state index in [1.807, 2.05) is 0 Å². The lowest BCUT2D eigenvalue weighted by molar-refractivity contribution is -0.142. The van der Waals surface area contributed by atoms with Crippen LogP contribution >= 0.6 is 69.6 Å². The van der Waals surface area contributed by atoms with Crippen molar-refractivity contribution in [3.63, 3.8) is 0 Å². The monoisotopic (exact) mass is 409 g/mol. The first-order chi connectivity index (χ1) is 9.45. The maximum absolute atomic E-state index is 12.6. The molecule has 1 saturated carbocycles. The smallest absolute Gasteiger partial charge is 0.235 e. The predicted molar refractivity (Wildman–Crippen MR) is 84.3 cm³/mol. The van der Waals surface area contributed by atoms with Crippen LogP contribution < -0.4 is 0 Å². The highest BCUT2D eigenvalue weighted by Gasteiger charge is 2.87. The Balaban J connectivity index is 2.28. The summed E-state index contributed by atoms with van der Waals surface area (Å²) in [7, 11) is 0. The lowest BCUT2D eigenvalue weighted by Gasteiger charge is -2.35. The molecular weight excluding hydrogens is 403 g/mol. The number of carbonyl (C=O) groups excluding carboxylic acids is 2. The number of carbonyl (C=O) groups is 2. The fraction of sp³-hybridized carbons (Fsp3) is 0.667. The summed E-state index contributed by atoms with van der Waals surface area (Å²) in [4.78, 5) is 23.0. The molecule has 0 unspecified atom stereocenters. The summed E-state index contributed by atoms with van der Waals surface area (Å²) in [6.07, 6.45) is 0. The number of hydrogen-bond acceptors (Lipinski definition) is 2. The zero-order valence-electron chi connectivity index (χ0n) is 10.8. The van der Waals surface area contributed by atoms with E-state index >= 15 is 0 Å². The van der Waals surface area contributed by atoms with Gasteiger partial charge in [0.25, 0.3) is 0 Å². The fourth-order valence-electron chi connectivity index (χ4n) is 3.53. The van der Waals surface area contributed by atoms with Crippen molar-refractivity contribution in [3.8, 4) is 0 Å². The van der Waals surface area contributed by atoms with Crippen LogP contribution in [0.1, 0.15) is 13.8 Å². The normalized spacial score (nSPS) is 44.3. The number of imide groups is 1. The largest absolute Gasteiger partial charge is 0.279 e. The third kappa shape index (κ3) is 1.43. The highest BCUT2D eigenvalue weighted by atomic mass is 35.5. The molecule has 0 spiro atoms. The zero-order valence-corrected chi connectivity index (χ0v) is 15.3. The summed E-state index contributed by atoms with van der Waals surface area (Å²) in [5.41, 5.74) is 0. The first-order valence-electron chi connectivity index (χ1n) is 6.14. The van der Waals surface area contributed by atoms with Crippen molar-refractivity contribution in [3.05, 3.63) is 10.1 Å². The van der Waals surface area contributed by atoms with Gasteiger partial charge in [0.15, 0.2) is 4.33 Å². The second-order valence-corrected chi connectivity index (χ2v) is 9.00. The minimum absolute atomic E-state index is 0.0705. The molecule has 9 heteroatoms. The molecule has 0 aromatic heterocycles. The van der Waals surface area contributed by atoms with Crippen molar-refractivity contribution in [1.82, 2.24) is 4.90 Å². The van der Waals surface area contributed by atoms with Crippen LogP contribution in [0.25, 0.3) is 0 Å². The van der Waals surface area contributed by atoms with Gasteiger partial charge in [-0.2, -0.15) is 0 Å². The van der Waals surface area contributed by atoms with Gasteiger partial charge in [-0.3, -0.25) is 14.5 Å². The Morgan fingerprint density at radius 2 is 1.24 bits per heavy atom. The van der Waals surface area contributed by atoms with E-state index in [-0.39, 0.29) is 16.1 Å². The van der Waals surface area contributed by atoms with Crippen molar-refractivity contribution >= 4 is 81.4 Å². The molecule has 2 amide bonds. The summed E-state index contributed by atoms with van der Waals surface area (Å²) in [6.45, 7) is 3.43. The number of nitrogens with zero attached hydrogens (tertiary/aromatic N) is 1. The van der Waals surface area contributed by atoms with Crippen LogP contribution in [0.15, 0.2) is 10.1 Å². The molecule has 116 valence electrons. The molecule has 2 fully saturated rings. The van der Waals surface area contributed by atoms with Gasteiger partial charge in [0.1, 0.15) is 9.75 Å². The molecule has 0 radical (unpaired) electrons. The second kappa shape index (κ2) is 4.37. The molecule has 3 aliphatic rings. The number of alkyl halides is 4. The van der Waals surface area contributed by atoms with Crippen LogP contribution in [0.4, 0.5) is 0 Å². The number of rotatable bonds is 1. The molecule has 21 heavy (non-hydrogen) atoms. The number of hydrogen-bond donors (Lipinski definition) is 0. The first-order valence-corrected chi connectivity index (χ1v) is 8.41. The standard InChI is InChI=1S/C12H9Cl6NO2/c1-3(2)19-8(20)4-5(9(19)21)11(16)7(14)6(13)10(4,15)12(11,17)18/h3-5H,1-2H3/t4-,5+,10-,11-/m1/s1. The van der Waals surface area contributed by atoms with Gasteiger partial charge in [-0.25, -0.2) is 0 Å². The van der Waals surface area contributed by atoms with Gasteiger partial charge in [0.05, 0.1) is 21.9 Å². The van der Waals surface area contributed by atoms with E-state index in [4.69, 9.17) is 69.6 Å². The Kier molecular flexibility index (Phi) is 3.43. The van der Waals surface area contributed by atoms with Crippen molar-refractivity contribution < 1.29 is 9.59 Å². The van der Waals surface area contributed by atoms with Gasteiger partial charge in [-0.15, -0.1) is 23.2 Å². The molecule has 2 bridgehead atoms. The Morgan fingerprint density at radius 1 is 0.905 bits per heavy atom. The molecule has 1 aliphatic heterocycles. The van der Waals surface area contributed by atoms with Crippen LogP contribution in [0.3, 0.4) is 0 Å². The van der Waals surface area contributed by atoms with E-state index in [0.717, 1.165) is 4.90 Å². The highest BCUT2D eigenvalue weighted by Crippen LogP contribution is 2.77. The van der Waals surface area contributed by atoms with Crippen molar-refractivity contribution in [2.24, 2.45) is 11.8 Å². The number of halogens is 6. The molecule has 3 nitrogen and oxygen atoms in total. The van der Waals surface area contributed by atoms with Gasteiger partial charge >= 0.3 is 0 Å². The quantitative estimate of drug-likeness (QED) is 0.485. The van der Waals surface area contributed by atoms with E-state index in [1.54, 1.807) is 13.8 Å². The molecular formula is C12H9Cl6NO2. The highest BCUT2D eigenvalue weighted by molar-refractivity contribution is 6.66. The molecule has 1 heterocycles. The van der Waals surface area contributed by atoms with E-state index in [9.17, 15) is 9.59 Å². The Labute approximate surface area is 151 Å². The van der Waals surface area contributed by atoms with Gasteiger partial charge in [0.2, 0.25) is 11.8 Å². The summed E-state index contributed by atoms with van der Waals surface area (Å²) in [5.74, 6) is -3.02. The van der Waals surface area contributed by atoms with Crippen LogP contribution in [-0.4, -0.2) is 36.8 Å². The summed E-state index contributed by atoms with van der Waals surface area (Å²) in [6, 6.07) is -0.340. The first kappa shape index (κ1) is 16.5. The molecule has 4 atom stereocenters. The van der Waals surface area contributed by atoms with Crippen molar-refractivity contribution in [2.45, 2.75) is 34.0 Å². The lowest BCUT2D eigenvalue weighted by Crippen LogP contribution is -2.51. The van der Waals surface area contributed by atoms with Crippen molar-refractivity contribution in [2.75, 3.05) is 0 Å². The number of allylic oxidation sites excluding steroid dienone is 2. The predicted octanol–water partition coefficient (Wildman–Crippen LogP) is 3.84. The summed E-state index contributed by atoms with van der Waals surface area (Å²) in [5, 5.41) is -0.141. The van der Waals surface area contributed by atoms with Gasteiger partial charge < -0.3 is 0 Å². The summed E-state index contributed by atoms with van der Waals surface area (Å²) >= 11 is 38.1. The molecule has 0 N–H and O–H groups in total. The van der Waals surface area contributed by atoms with Gasteiger partial charge in [-0.05, 0) is 13.8 Å². The van der Waals surface area contributed by atoms with Crippen LogP contribution in [-0.2, 0) is 9.59 Å². The third-order valence-corrected chi connectivity index (χ3v) is 8.72. The summed E-state index contributed by atoms with van der Waals surface area (Å²) < 4.78 is -1.86. The average molecular weight is 412 g/mol.